The van der Waals surface area contributed by atoms with Gasteiger partial charge in [0.05, 0.1) is 18.3 Å². The van der Waals surface area contributed by atoms with Crippen molar-refractivity contribution < 1.29 is 4.79 Å². The molecule has 0 N–H and O–H groups in total. The average Bonchev–Trinajstić information content (AvgIpc) is 2.90. The van der Waals surface area contributed by atoms with Crippen molar-refractivity contribution in [2.24, 2.45) is 0 Å². The maximum Gasteiger partial charge on any atom is 0.257 e. The summed E-state index contributed by atoms with van der Waals surface area (Å²) in [5.74, 6) is 0.0608. The van der Waals surface area contributed by atoms with Gasteiger partial charge in [0.2, 0.25) is 0 Å². The van der Waals surface area contributed by atoms with E-state index in [2.05, 4.69) is 17.0 Å². The van der Waals surface area contributed by atoms with Crippen LogP contribution in [-0.2, 0) is 6.54 Å². The number of halogens is 1. The van der Waals surface area contributed by atoms with Gasteiger partial charge in [0.15, 0.2) is 0 Å². The third-order valence-electron chi connectivity index (χ3n) is 4.18. The summed E-state index contributed by atoms with van der Waals surface area (Å²) in [7, 11) is 2.09. The number of nitrogens with zero attached hydrogens (tertiary/aromatic N) is 4. The van der Waals surface area contributed by atoms with Gasteiger partial charge in [-0.3, -0.25) is 9.48 Å². The van der Waals surface area contributed by atoms with Crippen LogP contribution in [0.1, 0.15) is 22.3 Å². The number of carbonyl (C=O) groups is 1. The molecule has 1 fully saturated rings. The van der Waals surface area contributed by atoms with Crippen LogP contribution >= 0.6 is 11.6 Å². The number of benzene rings is 1. The van der Waals surface area contributed by atoms with Gasteiger partial charge in [-0.1, -0.05) is 29.8 Å². The first kappa shape index (κ1) is 16.0. The van der Waals surface area contributed by atoms with E-state index in [0.29, 0.717) is 17.1 Å². The third-order valence-corrected chi connectivity index (χ3v) is 4.55. The van der Waals surface area contributed by atoms with E-state index in [1.165, 1.54) is 0 Å². The fourth-order valence-electron chi connectivity index (χ4n) is 2.79. The second-order valence-electron chi connectivity index (χ2n) is 5.97. The minimum Gasteiger partial charge on any atom is -0.337 e. The van der Waals surface area contributed by atoms with E-state index in [0.717, 1.165) is 38.2 Å². The number of aromatic nitrogens is 2. The van der Waals surface area contributed by atoms with E-state index in [4.69, 9.17) is 11.6 Å². The molecule has 3 rings (SSSR count). The van der Waals surface area contributed by atoms with Gasteiger partial charge < -0.3 is 9.80 Å². The normalized spacial score (nSPS) is 16.3. The third kappa shape index (κ3) is 3.92. The Morgan fingerprint density at radius 3 is 2.87 bits per heavy atom. The summed E-state index contributed by atoms with van der Waals surface area (Å²) in [6.07, 6.45) is 4.46. The summed E-state index contributed by atoms with van der Waals surface area (Å²) in [5.41, 5.74) is 1.63. The molecule has 122 valence electrons. The molecule has 0 bridgehead atoms. The van der Waals surface area contributed by atoms with Gasteiger partial charge in [0.1, 0.15) is 0 Å². The molecule has 1 aliphatic rings. The van der Waals surface area contributed by atoms with Crippen LogP contribution in [0.15, 0.2) is 36.7 Å². The molecule has 1 aromatic carbocycles. The molecule has 1 amide bonds. The molecule has 2 aromatic rings. The number of likely N-dealkylation sites (N-methyl/N-ethyl adjacent to an activating group) is 1. The van der Waals surface area contributed by atoms with E-state index in [1.54, 1.807) is 17.1 Å². The summed E-state index contributed by atoms with van der Waals surface area (Å²) in [6.45, 7) is 4.09. The SMILES string of the molecule is CN1CCCN(C(=O)c2cnn(Cc3ccccc3Cl)c2)CC1. The van der Waals surface area contributed by atoms with Crippen molar-refractivity contribution in [2.75, 3.05) is 33.2 Å². The molecule has 1 saturated heterocycles. The lowest BCUT2D eigenvalue weighted by Crippen LogP contribution is -2.34. The highest BCUT2D eigenvalue weighted by molar-refractivity contribution is 6.31. The van der Waals surface area contributed by atoms with Crippen LogP contribution in [0.5, 0.6) is 0 Å². The number of hydrogen-bond acceptors (Lipinski definition) is 3. The molecule has 1 aromatic heterocycles. The van der Waals surface area contributed by atoms with Crippen LogP contribution in [0.3, 0.4) is 0 Å². The van der Waals surface area contributed by atoms with Crippen molar-refractivity contribution >= 4 is 17.5 Å². The zero-order valence-corrected chi connectivity index (χ0v) is 14.0. The molecule has 1 aliphatic heterocycles. The minimum absolute atomic E-state index is 0.0608. The fourth-order valence-corrected chi connectivity index (χ4v) is 2.99. The van der Waals surface area contributed by atoms with Crippen molar-refractivity contribution in [1.82, 2.24) is 19.6 Å². The zero-order chi connectivity index (χ0) is 16.2. The van der Waals surface area contributed by atoms with Crippen molar-refractivity contribution in [1.29, 1.82) is 0 Å². The Balaban J connectivity index is 1.69. The first-order valence-corrected chi connectivity index (χ1v) is 8.25. The Morgan fingerprint density at radius 1 is 1.22 bits per heavy atom. The number of hydrogen-bond donors (Lipinski definition) is 0. The zero-order valence-electron chi connectivity index (χ0n) is 13.3. The Bertz CT molecular complexity index is 685. The Morgan fingerprint density at radius 2 is 2.04 bits per heavy atom. The van der Waals surface area contributed by atoms with Gasteiger partial charge in [-0.05, 0) is 31.6 Å². The molecule has 23 heavy (non-hydrogen) atoms. The summed E-state index contributed by atoms with van der Waals surface area (Å²) in [4.78, 5) is 16.8. The molecule has 2 heterocycles. The van der Waals surface area contributed by atoms with E-state index < -0.39 is 0 Å². The van der Waals surface area contributed by atoms with E-state index in [9.17, 15) is 4.79 Å². The maximum atomic E-state index is 12.6. The maximum absolute atomic E-state index is 12.6. The molecule has 0 saturated carbocycles. The molecule has 0 atom stereocenters. The Hall–Kier alpha value is -1.85. The fraction of sp³-hybridized carbons (Fsp3) is 0.412. The van der Waals surface area contributed by atoms with Crippen LogP contribution in [0.4, 0.5) is 0 Å². The summed E-state index contributed by atoms with van der Waals surface area (Å²) >= 11 is 6.18. The highest BCUT2D eigenvalue weighted by Gasteiger charge is 2.20. The van der Waals surface area contributed by atoms with Crippen molar-refractivity contribution in [3.63, 3.8) is 0 Å². The van der Waals surface area contributed by atoms with Crippen LogP contribution in [-0.4, -0.2) is 58.7 Å². The van der Waals surface area contributed by atoms with Gasteiger partial charge in [-0.2, -0.15) is 5.10 Å². The lowest BCUT2D eigenvalue weighted by atomic mass is 10.2. The van der Waals surface area contributed by atoms with Crippen molar-refractivity contribution in [2.45, 2.75) is 13.0 Å². The molecule has 0 aliphatic carbocycles. The highest BCUT2D eigenvalue weighted by Crippen LogP contribution is 2.16. The van der Waals surface area contributed by atoms with Crippen LogP contribution in [0.2, 0.25) is 5.02 Å². The van der Waals surface area contributed by atoms with E-state index in [1.807, 2.05) is 29.2 Å². The van der Waals surface area contributed by atoms with Crippen LogP contribution < -0.4 is 0 Å². The molecule has 5 nitrogen and oxygen atoms in total. The molecule has 0 spiro atoms. The summed E-state index contributed by atoms with van der Waals surface area (Å²) < 4.78 is 1.76. The van der Waals surface area contributed by atoms with Gasteiger partial charge in [-0.25, -0.2) is 0 Å². The standard InChI is InChI=1S/C17H21ClN4O/c1-20-7-4-8-21(10-9-20)17(23)15-11-19-22(13-15)12-14-5-2-3-6-16(14)18/h2-3,5-6,11,13H,4,7-10,12H2,1H3. The molecular weight excluding hydrogens is 312 g/mol. The average molecular weight is 333 g/mol. The number of amides is 1. The van der Waals surface area contributed by atoms with Crippen molar-refractivity contribution in [3.05, 3.63) is 52.8 Å². The van der Waals surface area contributed by atoms with Crippen molar-refractivity contribution in [3.8, 4) is 0 Å². The Kier molecular flexibility index (Phi) is 4.98. The monoisotopic (exact) mass is 332 g/mol. The number of rotatable bonds is 3. The second kappa shape index (κ2) is 7.15. The summed E-state index contributed by atoms with van der Waals surface area (Å²) in [5, 5.41) is 5.02. The first-order valence-electron chi connectivity index (χ1n) is 7.87. The highest BCUT2D eigenvalue weighted by atomic mass is 35.5. The van der Waals surface area contributed by atoms with Gasteiger partial charge in [-0.15, -0.1) is 0 Å². The molecule has 6 heteroatoms. The first-order chi connectivity index (χ1) is 11.1. The van der Waals surface area contributed by atoms with Gasteiger partial charge in [0.25, 0.3) is 5.91 Å². The second-order valence-corrected chi connectivity index (χ2v) is 6.37. The molecular formula is C17H21ClN4O. The van der Waals surface area contributed by atoms with Crippen LogP contribution in [0, 0.1) is 0 Å². The predicted molar refractivity (Wildman–Crippen MR) is 90.8 cm³/mol. The minimum atomic E-state index is 0.0608. The number of carbonyl (C=O) groups excluding carboxylic acids is 1. The molecule has 0 unspecified atom stereocenters. The predicted octanol–water partition coefficient (Wildman–Crippen LogP) is 2.36. The largest absolute Gasteiger partial charge is 0.337 e. The van der Waals surface area contributed by atoms with E-state index in [-0.39, 0.29) is 5.91 Å². The van der Waals surface area contributed by atoms with Gasteiger partial charge >= 0.3 is 0 Å². The van der Waals surface area contributed by atoms with Gasteiger partial charge in [0, 0.05) is 30.9 Å². The summed E-state index contributed by atoms with van der Waals surface area (Å²) in [6, 6.07) is 7.68. The van der Waals surface area contributed by atoms with Crippen LogP contribution in [0.25, 0.3) is 0 Å². The lowest BCUT2D eigenvalue weighted by Gasteiger charge is -2.19. The molecule has 0 radical (unpaired) electrons. The quantitative estimate of drug-likeness (QED) is 0.866. The topological polar surface area (TPSA) is 41.4 Å². The smallest absolute Gasteiger partial charge is 0.257 e. The van der Waals surface area contributed by atoms with E-state index >= 15 is 0 Å². The lowest BCUT2D eigenvalue weighted by molar-refractivity contribution is 0.0762. The Labute approximate surface area is 141 Å².